The van der Waals surface area contributed by atoms with E-state index in [4.69, 9.17) is 4.74 Å². The Morgan fingerprint density at radius 1 is 1.26 bits per heavy atom. The van der Waals surface area contributed by atoms with Gasteiger partial charge in [0.15, 0.2) is 0 Å². The predicted molar refractivity (Wildman–Crippen MR) is 113 cm³/mol. The highest BCUT2D eigenvalue weighted by Crippen LogP contribution is 2.49. The molecule has 2 fully saturated rings. The fourth-order valence-corrected chi connectivity index (χ4v) is 4.79. The predicted octanol–water partition coefficient (Wildman–Crippen LogP) is 2.64. The lowest BCUT2D eigenvalue weighted by Crippen LogP contribution is -2.30. The van der Waals surface area contributed by atoms with E-state index in [-0.39, 0.29) is 23.1 Å². The van der Waals surface area contributed by atoms with Gasteiger partial charge in [0, 0.05) is 12.0 Å². The van der Waals surface area contributed by atoms with Gasteiger partial charge in [0.05, 0.1) is 28.9 Å². The average Bonchev–Trinajstić information content (AvgIpc) is 3.16. The summed E-state index contributed by atoms with van der Waals surface area (Å²) < 4.78 is 10.6. The molecule has 0 N–H and O–H groups in total. The molecule has 1 aromatic carbocycles. The van der Waals surface area contributed by atoms with Crippen LogP contribution in [-0.4, -0.2) is 41.7 Å². The summed E-state index contributed by atoms with van der Waals surface area (Å²) in [6.45, 7) is 4.73. The van der Waals surface area contributed by atoms with Crippen molar-refractivity contribution in [3.05, 3.63) is 46.6 Å². The molecule has 1 aliphatic heterocycles. The van der Waals surface area contributed by atoms with E-state index in [1.807, 2.05) is 40.2 Å². The van der Waals surface area contributed by atoms with Crippen LogP contribution in [0.1, 0.15) is 44.8 Å². The number of para-hydroxylation sites is 2. The molecule has 6 rings (SSSR count). The molecule has 1 aliphatic carbocycles. The lowest BCUT2D eigenvalue weighted by atomic mass is 10.0. The second-order valence-electron chi connectivity index (χ2n) is 8.77. The molecule has 3 aromatic heterocycles. The molecule has 4 heterocycles. The van der Waals surface area contributed by atoms with Crippen molar-refractivity contribution in [3.8, 4) is 17.6 Å². The van der Waals surface area contributed by atoms with Crippen LogP contribution in [0.4, 0.5) is 0 Å². The highest BCUT2D eigenvalue weighted by Gasteiger charge is 2.45. The van der Waals surface area contributed by atoms with Crippen LogP contribution in [0.15, 0.2) is 35.4 Å². The summed E-state index contributed by atoms with van der Waals surface area (Å²) in [5.74, 6) is 0. The zero-order chi connectivity index (χ0) is 21.3. The quantitative estimate of drug-likeness (QED) is 0.510. The normalized spacial score (nSPS) is 22.2. The van der Waals surface area contributed by atoms with Gasteiger partial charge in [-0.3, -0.25) is 13.8 Å². The number of aromatic nitrogens is 6. The second kappa shape index (κ2) is 6.25. The van der Waals surface area contributed by atoms with Crippen LogP contribution in [0.2, 0.25) is 0 Å². The lowest BCUT2D eigenvalue weighted by Gasteiger charge is -2.21. The van der Waals surface area contributed by atoms with E-state index in [1.165, 1.54) is 4.68 Å². The minimum atomic E-state index is -0.147. The zero-order valence-corrected chi connectivity index (χ0v) is 17.3. The average molecular weight is 415 g/mol. The van der Waals surface area contributed by atoms with Gasteiger partial charge in [-0.2, -0.15) is 5.26 Å². The number of fused-ring (bicyclic) bond motifs is 3. The molecule has 1 saturated heterocycles. The molecule has 1 saturated carbocycles. The van der Waals surface area contributed by atoms with Gasteiger partial charge in [0.1, 0.15) is 23.2 Å². The largest absolute Gasteiger partial charge is 0.376 e. The molecular weight excluding hydrogens is 394 g/mol. The molecule has 2 unspecified atom stereocenters. The van der Waals surface area contributed by atoms with Crippen LogP contribution in [0, 0.1) is 11.5 Å². The highest BCUT2D eigenvalue weighted by molar-refractivity contribution is 5.85. The maximum absolute atomic E-state index is 13.9. The van der Waals surface area contributed by atoms with Gasteiger partial charge in [0.2, 0.25) is 6.19 Å². The van der Waals surface area contributed by atoms with Crippen LogP contribution < -0.4 is 5.56 Å². The molecule has 4 aromatic rings. The summed E-state index contributed by atoms with van der Waals surface area (Å²) in [7, 11) is 0. The minimum absolute atomic E-state index is 0.0652. The Bertz CT molecular complexity index is 1450. The van der Waals surface area contributed by atoms with E-state index in [0.29, 0.717) is 23.5 Å². The van der Waals surface area contributed by atoms with Crippen LogP contribution in [0.25, 0.3) is 27.9 Å². The molecule has 9 nitrogen and oxygen atoms in total. The number of benzene rings is 1. The number of hydrogen-bond acceptors (Lipinski definition) is 6. The number of hydrogen-bond donors (Lipinski definition) is 0. The molecule has 9 heteroatoms. The van der Waals surface area contributed by atoms with Crippen molar-refractivity contribution in [2.45, 2.75) is 50.7 Å². The summed E-state index contributed by atoms with van der Waals surface area (Å²) in [6, 6.07) is 7.75. The monoisotopic (exact) mass is 415 g/mol. The third-order valence-electron chi connectivity index (χ3n) is 6.82. The number of rotatable bonds is 3. The molecule has 0 amide bonds. The summed E-state index contributed by atoms with van der Waals surface area (Å²) in [4.78, 5) is 18.6. The molecule has 0 radical (unpaired) electrons. The number of imidazole rings is 1. The van der Waals surface area contributed by atoms with Gasteiger partial charge in [-0.1, -0.05) is 24.3 Å². The topological polar surface area (TPSA) is 103 Å². The summed E-state index contributed by atoms with van der Waals surface area (Å²) in [6.07, 6.45) is 6.37. The van der Waals surface area contributed by atoms with Gasteiger partial charge in [0.25, 0.3) is 5.56 Å². The van der Waals surface area contributed by atoms with Gasteiger partial charge in [-0.25, -0.2) is 4.98 Å². The maximum atomic E-state index is 13.9. The molecule has 31 heavy (non-hydrogen) atoms. The van der Waals surface area contributed by atoms with Gasteiger partial charge in [-0.15, -0.1) is 9.78 Å². The van der Waals surface area contributed by atoms with E-state index in [9.17, 15) is 10.1 Å². The van der Waals surface area contributed by atoms with Gasteiger partial charge in [-0.05, 0) is 38.3 Å². The van der Waals surface area contributed by atoms with Gasteiger partial charge >= 0.3 is 0 Å². The van der Waals surface area contributed by atoms with Crippen LogP contribution in [0.5, 0.6) is 0 Å². The molecule has 2 atom stereocenters. The van der Waals surface area contributed by atoms with Crippen LogP contribution >= 0.6 is 0 Å². The molecular formula is C22H21N7O2. The Morgan fingerprint density at radius 3 is 2.71 bits per heavy atom. The summed E-state index contributed by atoms with van der Waals surface area (Å²) in [5.41, 5.74) is 3.56. The Balaban J connectivity index is 1.72. The van der Waals surface area contributed by atoms with Crippen molar-refractivity contribution < 1.29 is 4.74 Å². The lowest BCUT2D eigenvalue weighted by molar-refractivity contribution is 0.108. The summed E-state index contributed by atoms with van der Waals surface area (Å²) >= 11 is 0. The third-order valence-corrected chi connectivity index (χ3v) is 6.82. The van der Waals surface area contributed by atoms with Gasteiger partial charge < -0.3 is 4.74 Å². The van der Waals surface area contributed by atoms with Crippen molar-refractivity contribution in [3.63, 3.8) is 0 Å². The second-order valence-corrected chi connectivity index (χ2v) is 8.77. The van der Waals surface area contributed by atoms with E-state index in [2.05, 4.69) is 28.4 Å². The molecule has 0 spiro atoms. The van der Waals surface area contributed by atoms with E-state index in [1.54, 1.807) is 6.33 Å². The SMILES string of the molecule is CC1OCCC1n1c(=O)c2c(-c3c(C4(C)CC4)nnn3C#N)ncn2c2ccccc21. The zero-order valence-electron chi connectivity index (χ0n) is 17.3. The van der Waals surface area contributed by atoms with Crippen molar-refractivity contribution in [1.29, 1.82) is 5.26 Å². The smallest absolute Gasteiger partial charge is 0.278 e. The fourth-order valence-electron chi connectivity index (χ4n) is 4.79. The molecule has 2 aliphatic rings. The Kier molecular flexibility index (Phi) is 3.68. The Hall–Kier alpha value is -3.51. The van der Waals surface area contributed by atoms with Crippen molar-refractivity contribution in [2.75, 3.05) is 6.61 Å². The third kappa shape index (κ3) is 2.45. The Morgan fingerprint density at radius 2 is 2.03 bits per heavy atom. The summed E-state index contributed by atoms with van der Waals surface area (Å²) in [5, 5.41) is 18.0. The maximum Gasteiger partial charge on any atom is 0.278 e. The van der Waals surface area contributed by atoms with Crippen molar-refractivity contribution in [2.24, 2.45) is 0 Å². The minimum Gasteiger partial charge on any atom is -0.376 e. The van der Waals surface area contributed by atoms with Crippen LogP contribution in [0.3, 0.4) is 0 Å². The first-order chi connectivity index (χ1) is 15.0. The van der Waals surface area contributed by atoms with E-state index >= 15 is 0 Å². The first-order valence-electron chi connectivity index (χ1n) is 10.5. The number of nitriles is 1. The van der Waals surface area contributed by atoms with Crippen LogP contribution in [-0.2, 0) is 10.2 Å². The Labute approximate surface area is 177 Å². The first-order valence-corrected chi connectivity index (χ1v) is 10.5. The van der Waals surface area contributed by atoms with E-state index in [0.717, 1.165) is 36.0 Å². The first kappa shape index (κ1) is 18.3. The van der Waals surface area contributed by atoms with Crippen molar-refractivity contribution >= 4 is 16.6 Å². The molecule has 156 valence electrons. The fraction of sp³-hybridized carbons (Fsp3) is 0.409. The highest BCUT2D eigenvalue weighted by atomic mass is 16.5. The number of ether oxygens (including phenoxy) is 1. The molecule has 0 bridgehead atoms. The van der Waals surface area contributed by atoms with E-state index < -0.39 is 0 Å². The number of nitrogens with zero attached hydrogens (tertiary/aromatic N) is 7. The van der Waals surface area contributed by atoms with Crippen molar-refractivity contribution in [1.82, 2.24) is 28.9 Å². The standard InChI is InChI=1S/C22H21N7O2/c1-13-14(7-10-31-13)29-16-6-4-3-5-15(16)27-12-24-17(19(27)21(29)30)18-20(22(2)8-9-22)25-26-28(18)11-23/h3-6,12-14H,7-10H2,1-2H3.